The molecule has 3 rings (SSSR count). The van der Waals surface area contributed by atoms with Crippen molar-refractivity contribution >= 4 is 39.5 Å². The van der Waals surface area contributed by atoms with Crippen molar-refractivity contribution in [2.75, 3.05) is 13.1 Å². The second kappa shape index (κ2) is 9.07. The third kappa shape index (κ3) is 4.91. The number of halogens is 2. The minimum atomic E-state index is -0.230. The van der Waals surface area contributed by atoms with Gasteiger partial charge in [0, 0.05) is 33.7 Å². The minimum Gasteiger partial charge on any atom is -0.488 e. The molecule has 0 bridgehead atoms. The maximum atomic E-state index is 12.6. The Morgan fingerprint density at radius 1 is 1.26 bits per heavy atom. The molecule has 2 aromatic rings. The molecule has 0 atom stereocenters. The zero-order valence-electron chi connectivity index (χ0n) is 14.6. The Balaban J connectivity index is 1.85. The molecule has 27 heavy (non-hydrogen) atoms. The Bertz CT molecular complexity index is 915. The molecule has 1 fully saturated rings. The summed E-state index contributed by atoms with van der Waals surface area (Å²) < 4.78 is 6.76. The molecule has 1 amide bonds. The number of hydrogen-bond donors (Lipinski definition) is 0. The predicted octanol–water partition coefficient (Wildman–Crippen LogP) is 5.21. The van der Waals surface area contributed by atoms with Crippen LogP contribution in [0.25, 0.3) is 6.08 Å². The van der Waals surface area contributed by atoms with Crippen LogP contribution in [0, 0.1) is 11.3 Å². The zero-order valence-corrected chi connectivity index (χ0v) is 17.0. The summed E-state index contributed by atoms with van der Waals surface area (Å²) in [7, 11) is 0. The first-order valence-electron chi connectivity index (χ1n) is 8.65. The molecule has 6 heteroatoms. The number of nitriles is 1. The van der Waals surface area contributed by atoms with Crippen LogP contribution in [0.4, 0.5) is 0 Å². The van der Waals surface area contributed by atoms with Gasteiger partial charge in [0.05, 0.1) is 0 Å². The normalized spacial score (nSPS) is 14.1. The summed E-state index contributed by atoms with van der Waals surface area (Å²) in [6.07, 6.45) is 3.55. The van der Waals surface area contributed by atoms with Gasteiger partial charge in [0.1, 0.15) is 24.0 Å². The smallest absolute Gasteiger partial charge is 0.264 e. The SMILES string of the molecule is N#C/C(=C\c1cc(Br)ccc1OCc1ccccc1Cl)C(=O)N1CCCC1. The lowest BCUT2D eigenvalue weighted by atomic mass is 10.1. The molecule has 0 N–H and O–H groups in total. The molecule has 0 aliphatic carbocycles. The zero-order chi connectivity index (χ0) is 19.2. The molecule has 1 aliphatic rings. The van der Waals surface area contributed by atoms with Gasteiger partial charge in [-0.1, -0.05) is 45.7 Å². The number of hydrogen-bond acceptors (Lipinski definition) is 3. The number of carbonyl (C=O) groups excluding carboxylic acids is 1. The highest BCUT2D eigenvalue weighted by atomic mass is 79.9. The van der Waals surface area contributed by atoms with Gasteiger partial charge in [-0.05, 0) is 43.2 Å². The third-order valence-electron chi connectivity index (χ3n) is 4.36. The van der Waals surface area contributed by atoms with Crippen molar-refractivity contribution in [1.29, 1.82) is 5.26 Å². The van der Waals surface area contributed by atoms with E-state index in [-0.39, 0.29) is 11.5 Å². The van der Waals surface area contributed by atoms with Gasteiger partial charge >= 0.3 is 0 Å². The third-order valence-corrected chi connectivity index (χ3v) is 5.22. The van der Waals surface area contributed by atoms with Gasteiger partial charge in [0.25, 0.3) is 5.91 Å². The summed E-state index contributed by atoms with van der Waals surface area (Å²) in [5.74, 6) is 0.354. The number of likely N-dealkylation sites (tertiary alicyclic amines) is 1. The van der Waals surface area contributed by atoms with Crippen LogP contribution in [0.5, 0.6) is 5.75 Å². The highest BCUT2D eigenvalue weighted by Gasteiger charge is 2.22. The van der Waals surface area contributed by atoms with E-state index in [2.05, 4.69) is 15.9 Å². The van der Waals surface area contributed by atoms with Crippen LogP contribution in [0.2, 0.25) is 5.02 Å². The van der Waals surface area contributed by atoms with Crippen molar-refractivity contribution < 1.29 is 9.53 Å². The van der Waals surface area contributed by atoms with Crippen molar-refractivity contribution in [2.24, 2.45) is 0 Å². The maximum Gasteiger partial charge on any atom is 0.264 e. The Hall–Kier alpha value is -2.29. The molecule has 1 heterocycles. The van der Waals surface area contributed by atoms with Gasteiger partial charge in [-0.2, -0.15) is 5.26 Å². The molecular weight excluding hydrogens is 428 g/mol. The molecule has 138 valence electrons. The van der Waals surface area contributed by atoms with Gasteiger partial charge in [0.2, 0.25) is 0 Å². The maximum absolute atomic E-state index is 12.6. The average molecular weight is 446 g/mol. The fourth-order valence-corrected chi connectivity index (χ4v) is 3.49. The van der Waals surface area contributed by atoms with Gasteiger partial charge in [-0.25, -0.2) is 0 Å². The summed E-state index contributed by atoms with van der Waals surface area (Å²) in [4.78, 5) is 14.3. The lowest BCUT2D eigenvalue weighted by Gasteiger charge is -2.15. The second-order valence-electron chi connectivity index (χ2n) is 6.23. The van der Waals surface area contributed by atoms with Crippen LogP contribution >= 0.6 is 27.5 Å². The molecule has 1 saturated heterocycles. The van der Waals surface area contributed by atoms with Gasteiger partial charge in [0.15, 0.2) is 0 Å². The highest BCUT2D eigenvalue weighted by molar-refractivity contribution is 9.10. The number of benzene rings is 2. The highest BCUT2D eigenvalue weighted by Crippen LogP contribution is 2.28. The first-order valence-corrected chi connectivity index (χ1v) is 9.82. The summed E-state index contributed by atoms with van der Waals surface area (Å²) in [6.45, 7) is 1.70. The molecule has 0 saturated carbocycles. The van der Waals surface area contributed by atoms with Crippen LogP contribution in [-0.4, -0.2) is 23.9 Å². The fourth-order valence-electron chi connectivity index (χ4n) is 2.92. The van der Waals surface area contributed by atoms with E-state index in [4.69, 9.17) is 16.3 Å². The van der Waals surface area contributed by atoms with Crippen molar-refractivity contribution in [3.8, 4) is 11.8 Å². The summed E-state index contributed by atoms with van der Waals surface area (Å²) in [6, 6.07) is 15.0. The van der Waals surface area contributed by atoms with E-state index in [9.17, 15) is 10.1 Å². The summed E-state index contributed by atoms with van der Waals surface area (Å²) >= 11 is 9.62. The van der Waals surface area contributed by atoms with Crippen molar-refractivity contribution in [1.82, 2.24) is 4.90 Å². The number of rotatable bonds is 5. The lowest BCUT2D eigenvalue weighted by molar-refractivity contribution is -0.125. The van der Waals surface area contributed by atoms with Crippen LogP contribution in [0.1, 0.15) is 24.0 Å². The van der Waals surface area contributed by atoms with E-state index in [1.807, 2.05) is 48.5 Å². The van der Waals surface area contributed by atoms with Crippen molar-refractivity contribution in [3.05, 3.63) is 68.7 Å². The molecule has 4 nitrogen and oxygen atoms in total. The first kappa shape index (κ1) is 19.5. The van der Waals surface area contributed by atoms with Crippen molar-refractivity contribution in [3.63, 3.8) is 0 Å². The largest absolute Gasteiger partial charge is 0.488 e. The topological polar surface area (TPSA) is 53.3 Å². The monoisotopic (exact) mass is 444 g/mol. The van der Waals surface area contributed by atoms with Crippen molar-refractivity contribution in [2.45, 2.75) is 19.4 Å². The van der Waals surface area contributed by atoms with Crippen LogP contribution in [0.3, 0.4) is 0 Å². The Morgan fingerprint density at radius 2 is 2.00 bits per heavy atom. The molecular formula is C21H18BrClN2O2. The van der Waals surface area contributed by atoms with Crippen LogP contribution in [0.15, 0.2) is 52.5 Å². The van der Waals surface area contributed by atoms with E-state index in [1.54, 1.807) is 11.0 Å². The molecule has 0 spiro atoms. The molecule has 2 aromatic carbocycles. The van der Waals surface area contributed by atoms with Crippen LogP contribution in [-0.2, 0) is 11.4 Å². The summed E-state index contributed by atoms with van der Waals surface area (Å²) in [5, 5.41) is 10.1. The van der Waals surface area contributed by atoms with Crippen LogP contribution < -0.4 is 4.74 Å². The Morgan fingerprint density at radius 3 is 2.70 bits per heavy atom. The molecule has 0 radical (unpaired) electrons. The Kier molecular flexibility index (Phi) is 6.54. The number of carbonyl (C=O) groups is 1. The van der Waals surface area contributed by atoms with E-state index < -0.39 is 0 Å². The van der Waals surface area contributed by atoms with E-state index in [0.29, 0.717) is 36.0 Å². The van der Waals surface area contributed by atoms with Gasteiger partial charge in [-0.15, -0.1) is 0 Å². The van der Waals surface area contributed by atoms with E-state index in [0.717, 1.165) is 22.9 Å². The number of ether oxygens (including phenoxy) is 1. The fraction of sp³-hybridized carbons (Fsp3) is 0.238. The quantitative estimate of drug-likeness (QED) is 0.469. The van der Waals surface area contributed by atoms with Gasteiger partial charge < -0.3 is 9.64 Å². The number of nitrogens with zero attached hydrogens (tertiary/aromatic N) is 2. The standard InChI is InChI=1S/C21H18BrClN2O2/c22-18-7-8-20(27-14-15-5-1-2-6-19(15)23)16(12-18)11-17(13-24)21(26)25-9-3-4-10-25/h1-2,5-8,11-12H,3-4,9-10,14H2/b17-11+. The number of amides is 1. The minimum absolute atomic E-state index is 0.109. The molecule has 0 unspecified atom stereocenters. The van der Waals surface area contributed by atoms with E-state index >= 15 is 0 Å². The summed E-state index contributed by atoms with van der Waals surface area (Å²) in [5.41, 5.74) is 1.64. The van der Waals surface area contributed by atoms with Gasteiger partial charge in [-0.3, -0.25) is 4.79 Å². The average Bonchev–Trinajstić information content (AvgIpc) is 3.21. The first-order chi connectivity index (χ1) is 13.1. The predicted molar refractivity (Wildman–Crippen MR) is 109 cm³/mol. The molecule has 0 aromatic heterocycles. The second-order valence-corrected chi connectivity index (χ2v) is 7.55. The Labute approximate surface area is 172 Å². The van der Waals surface area contributed by atoms with E-state index in [1.165, 1.54) is 0 Å². The lowest BCUT2D eigenvalue weighted by Crippen LogP contribution is -2.28. The molecule has 1 aliphatic heterocycles.